The van der Waals surface area contributed by atoms with Crippen molar-refractivity contribution in [2.45, 2.75) is 74.5 Å². The molecular weight excluding hydrogens is 664 g/mol. The average molecular weight is 707 g/mol. The SMILES string of the molecule is COC(=O)NC1(C(=O)N2CCC[C@H]2c2ncc(-c3ccc(-c4ccc(-c5cnc([C@@H]6CCCN6C(=O)C6(NC(=O)OC)CC6)[nH]5)cc4)cc3)[nH]2)CC1. The van der Waals surface area contributed by atoms with Gasteiger partial charge in [0.25, 0.3) is 0 Å². The van der Waals surface area contributed by atoms with Crippen molar-refractivity contribution in [3.05, 3.63) is 72.6 Å². The number of rotatable bonds is 9. The molecule has 0 unspecified atom stereocenters. The van der Waals surface area contributed by atoms with Crippen LogP contribution in [0.5, 0.6) is 0 Å². The molecule has 14 nitrogen and oxygen atoms in total. The summed E-state index contributed by atoms with van der Waals surface area (Å²) in [6.07, 6.45) is 8.21. The van der Waals surface area contributed by atoms with Crippen LogP contribution in [0.2, 0.25) is 0 Å². The molecule has 14 heteroatoms. The van der Waals surface area contributed by atoms with Crippen molar-refractivity contribution in [1.82, 2.24) is 40.4 Å². The van der Waals surface area contributed by atoms with Crippen molar-refractivity contribution in [3.8, 4) is 33.6 Å². The lowest BCUT2D eigenvalue weighted by molar-refractivity contribution is -0.136. The van der Waals surface area contributed by atoms with Crippen LogP contribution in [-0.2, 0) is 19.1 Å². The van der Waals surface area contributed by atoms with E-state index in [1.54, 1.807) is 0 Å². The van der Waals surface area contributed by atoms with Gasteiger partial charge in [-0.3, -0.25) is 9.59 Å². The van der Waals surface area contributed by atoms with Crippen LogP contribution in [0.25, 0.3) is 33.6 Å². The van der Waals surface area contributed by atoms with Gasteiger partial charge in [-0.15, -0.1) is 0 Å². The van der Waals surface area contributed by atoms with Crippen LogP contribution in [0.4, 0.5) is 9.59 Å². The number of H-pyrrole nitrogens is 2. The second kappa shape index (κ2) is 13.1. The van der Waals surface area contributed by atoms with Gasteiger partial charge in [-0.1, -0.05) is 48.5 Å². The summed E-state index contributed by atoms with van der Waals surface area (Å²) in [5.41, 5.74) is 4.10. The minimum atomic E-state index is -0.869. The van der Waals surface area contributed by atoms with E-state index in [2.05, 4.69) is 79.1 Å². The van der Waals surface area contributed by atoms with Crippen LogP contribution in [0.1, 0.15) is 75.1 Å². The molecule has 4 aromatic rings. The maximum atomic E-state index is 13.5. The van der Waals surface area contributed by atoms with Gasteiger partial charge in [0.15, 0.2) is 0 Å². The maximum absolute atomic E-state index is 13.5. The Kier molecular flexibility index (Phi) is 8.47. The first-order chi connectivity index (χ1) is 25.2. The smallest absolute Gasteiger partial charge is 0.407 e. The van der Waals surface area contributed by atoms with E-state index in [4.69, 9.17) is 9.47 Å². The summed E-state index contributed by atoms with van der Waals surface area (Å²) in [5, 5.41) is 5.49. The van der Waals surface area contributed by atoms with Crippen LogP contribution in [0.3, 0.4) is 0 Å². The van der Waals surface area contributed by atoms with E-state index in [9.17, 15) is 19.2 Å². The van der Waals surface area contributed by atoms with Crippen LogP contribution in [0, 0.1) is 0 Å². The number of carbonyl (C=O) groups is 4. The highest BCUT2D eigenvalue weighted by atomic mass is 16.5. The Morgan fingerprint density at radius 2 is 1.00 bits per heavy atom. The maximum Gasteiger partial charge on any atom is 0.407 e. The number of likely N-dealkylation sites (tertiary alicyclic amines) is 2. The highest BCUT2D eigenvalue weighted by Crippen LogP contribution is 2.43. The third-order valence-corrected chi connectivity index (χ3v) is 10.9. The number of hydrogen-bond acceptors (Lipinski definition) is 8. The Labute approximate surface area is 300 Å². The summed E-state index contributed by atoms with van der Waals surface area (Å²) < 4.78 is 9.49. The third kappa shape index (κ3) is 6.15. The predicted octanol–water partition coefficient (Wildman–Crippen LogP) is 5.24. The van der Waals surface area contributed by atoms with Gasteiger partial charge in [-0.05, 0) is 73.6 Å². The van der Waals surface area contributed by atoms with Gasteiger partial charge < -0.3 is 39.9 Å². The molecule has 270 valence electrons. The highest BCUT2D eigenvalue weighted by Gasteiger charge is 2.56. The lowest BCUT2D eigenvalue weighted by Gasteiger charge is -2.28. The molecule has 0 radical (unpaired) electrons. The van der Waals surface area contributed by atoms with E-state index in [1.807, 2.05) is 22.2 Å². The minimum absolute atomic E-state index is 0.0770. The lowest BCUT2D eigenvalue weighted by Crippen LogP contribution is -2.50. The Balaban J connectivity index is 0.914. The molecule has 2 aromatic heterocycles. The van der Waals surface area contributed by atoms with Crippen molar-refractivity contribution in [2.24, 2.45) is 0 Å². The van der Waals surface area contributed by atoms with Gasteiger partial charge in [0.1, 0.15) is 22.7 Å². The van der Waals surface area contributed by atoms with Gasteiger partial charge in [-0.25, -0.2) is 19.6 Å². The van der Waals surface area contributed by atoms with Crippen LogP contribution < -0.4 is 10.6 Å². The van der Waals surface area contributed by atoms with Crippen molar-refractivity contribution < 1.29 is 28.7 Å². The second-order valence-electron chi connectivity index (χ2n) is 14.2. The fourth-order valence-corrected chi connectivity index (χ4v) is 7.66. The summed E-state index contributed by atoms with van der Waals surface area (Å²) in [6, 6.07) is 16.2. The average Bonchev–Trinajstić information content (AvgIpc) is 3.72. The Bertz CT molecular complexity index is 1850. The zero-order valence-corrected chi connectivity index (χ0v) is 29.2. The molecule has 4 fully saturated rings. The van der Waals surface area contributed by atoms with Crippen LogP contribution >= 0.6 is 0 Å². The van der Waals surface area contributed by atoms with Crippen molar-refractivity contribution >= 4 is 24.0 Å². The molecular formula is C38H42N8O6. The van der Waals surface area contributed by atoms with Gasteiger partial charge in [0.05, 0.1) is 50.1 Å². The molecule has 4 amide bonds. The summed E-state index contributed by atoms with van der Waals surface area (Å²) in [7, 11) is 2.60. The van der Waals surface area contributed by atoms with E-state index in [-0.39, 0.29) is 23.9 Å². The Hall–Kier alpha value is -5.66. The molecule has 52 heavy (non-hydrogen) atoms. The normalized spacial score (nSPS) is 21.0. The van der Waals surface area contributed by atoms with E-state index >= 15 is 0 Å². The number of methoxy groups -OCH3 is 2. The molecule has 2 aliphatic carbocycles. The number of alkyl carbamates (subject to hydrolysis) is 2. The van der Waals surface area contributed by atoms with Crippen molar-refractivity contribution in [1.29, 1.82) is 0 Å². The van der Waals surface area contributed by atoms with E-state index in [1.165, 1.54) is 14.2 Å². The summed E-state index contributed by atoms with van der Waals surface area (Å²) in [5.74, 6) is 1.33. The Morgan fingerprint density at radius 1 is 0.635 bits per heavy atom. The summed E-state index contributed by atoms with van der Waals surface area (Å²) >= 11 is 0. The summed E-state index contributed by atoms with van der Waals surface area (Å²) in [6.45, 7) is 1.25. The molecule has 2 saturated heterocycles. The predicted molar refractivity (Wildman–Crippen MR) is 189 cm³/mol. The molecule has 8 rings (SSSR count). The first-order valence-corrected chi connectivity index (χ1v) is 17.9. The lowest BCUT2D eigenvalue weighted by atomic mass is 10.0. The van der Waals surface area contributed by atoms with E-state index < -0.39 is 23.3 Å². The molecule has 2 saturated carbocycles. The zero-order chi connectivity index (χ0) is 36.0. The molecule has 4 aliphatic rings. The molecule has 2 atom stereocenters. The van der Waals surface area contributed by atoms with Gasteiger partial charge in [-0.2, -0.15) is 0 Å². The topological polar surface area (TPSA) is 175 Å². The van der Waals surface area contributed by atoms with Gasteiger partial charge in [0, 0.05) is 13.1 Å². The molecule has 2 aromatic carbocycles. The fraction of sp³-hybridized carbons (Fsp3) is 0.421. The number of amides is 4. The third-order valence-electron chi connectivity index (χ3n) is 10.9. The number of benzene rings is 2. The molecule has 2 aliphatic heterocycles. The van der Waals surface area contributed by atoms with Gasteiger partial charge >= 0.3 is 12.2 Å². The van der Waals surface area contributed by atoms with E-state index in [0.717, 1.165) is 71.0 Å². The number of nitrogens with zero attached hydrogens (tertiary/aromatic N) is 4. The first-order valence-electron chi connectivity index (χ1n) is 17.9. The quantitative estimate of drug-likeness (QED) is 0.183. The highest BCUT2D eigenvalue weighted by molar-refractivity contribution is 5.94. The molecule has 0 bridgehead atoms. The standard InChI is InChI=1S/C38H42N8O6/c1-51-35(49)43-37(15-16-37)33(47)45-19-3-5-29(45)31-39-21-27(41-31)25-11-7-23(8-12-25)24-9-13-26(14-10-24)28-22-40-32(42-28)30-6-4-20-46(30)34(48)38(17-18-38)44-36(50)52-2/h7-14,21-22,29-30H,3-6,15-20H2,1-2H3,(H,39,41)(H,40,42)(H,43,49)(H,44,50)/t29-,30-/m0/s1. The molecule has 4 heterocycles. The van der Waals surface area contributed by atoms with Crippen LogP contribution in [0.15, 0.2) is 60.9 Å². The first kappa shape index (κ1) is 33.5. The monoisotopic (exact) mass is 706 g/mol. The minimum Gasteiger partial charge on any atom is -0.453 e. The largest absolute Gasteiger partial charge is 0.453 e. The van der Waals surface area contributed by atoms with Crippen molar-refractivity contribution in [2.75, 3.05) is 27.3 Å². The number of aromatic amines is 2. The zero-order valence-electron chi connectivity index (χ0n) is 29.2. The number of carbonyl (C=O) groups excluding carboxylic acids is 4. The fourth-order valence-electron chi connectivity index (χ4n) is 7.66. The number of hydrogen-bond donors (Lipinski definition) is 4. The number of imidazole rings is 2. The molecule has 0 spiro atoms. The van der Waals surface area contributed by atoms with E-state index in [0.29, 0.717) is 38.8 Å². The second-order valence-corrected chi connectivity index (χ2v) is 14.2. The molecule has 4 N–H and O–H groups in total. The number of aromatic nitrogens is 4. The number of nitrogens with one attached hydrogen (secondary N) is 4. The van der Waals surface area contributed by atoms with Crippen LogP contribution in [-0.4, -0.2) is 92.1 Å². The number of ether oxygens (including phenoxy) is 2. The van der Waals surface area contributed by atoms with Gasteiger partial charge in [0.2, 0.25) is 11.8 Å². The van der Waals surface area contributed by atoms with Crippen molar-refractivity contribution in [3.63, 3.8) is 0 Å². The summed E-state index contributed by atoms with van der Waals surface area (Å²) in [4.78, 5) is 70.5. The Morgan fingerprint density at radius 3 is 1.35 bits per heavy atom.